The lowest BCUT2D eigenvalue weighted by Crippen LogP contribution is -2.63. The van der Waals surface area contributed by atoms with Crippen LogP contribution in [0.15, 0.2) is 207 Å². The summed E-state index contributed by atoms with van der Waals surface area (Å²) < 4.78 is 55.6. The summed E-state index contributed by atoms with van der Waals surface area (Å²) in [4.78, 5) is 0. The molecule has 564 valence electrons. The molecule has 0 N–H and O–H groups in total. The third-order valence-electron chi connectivity index (χ3n) is 26.6. The molecule has 4 nitrogen and oxygen atoms in total. The van der Waals surface area contributed by atoms with Gasteiger partial charge in [0, 0.05) is 98.7 Å². The fourth-order valence-corrected chi connectivity index (χ4v) is 35.7. The Bertz CT molecular complexity index is 5990. The predicted molar refractivity (Wildman–Crippen MR) is 481 cm³/mol. The van der Waals surface area contributed by atoms with Crippen LogP contribution in [0.2, 0.25) is 52.4 Å². The topological polar surface area (TPSA) is 15.5 Å². The molecule has 0 aliphatic carbocycles. The SMILES string of the molecule is Cc1cc(-c2c(C)ccc3c2[Si](C)(C)c2ccccc2C3(C)C)[n+](C)cc1C.Cc1ccc(-c2c(C)ccc3c2[Si](C)(C)c2ccccc2C3(C)C)[n+](C)c1.[2H]C([2H])([2H])c1c[n+](C)c(-c2c(C)ccc3c2[Si](C)(C)c2ccccc2C3(C)C)cc1C.[2H]C([2H])([2H])c1ccc(-c2c(C)ccc3c2[Si](C)(C)c2ccccc2C3(C)C)[n+](C)c1. The Morgan fingerprint density at radius 1 is 0.245 bits per heavy atom. The largest absolute Gasteiger partial charge is 0.212 e. The van der Waals surface area contributed by atoms with Crippen LogP contribution in [-0.4, -0.2) is 32.3 Å². The molecule has 0 atom stereocenters. The van der Waals surface area contributed by atoms with Crippen LogP contribution in [-0.2, 0) is 49.9 Å². The van der Waals surface area contributed by atoms with E-state index >= 15 is 0 Å². The number of nitrogens with zero attached hydrogens (tertiary/aromatic N) is 4. The molecule has 4 aliphatic rings. The van der Waals surface area contributed by atoms with Gasteiger partial charge in [-0.3, -0.25) is 0 Å². The van der Waals surface area contributed by atoms with Gasteiger partial charge in [0.15, 0.2) is 24.8 Å². The number of pyridine rings is 4. The molecule has 12 aromatic rings. The molecule has 16 rings (SSSR count). The van der Waals surface area contributed by atoms with Crippen LogP contribution < -0.4 is 59.8 Å². The van der Waals surface area contributed by atoms with Crippen molar-refractivity contribution in [3.63, 3.8) is 0 Å². The Morgan fingerprint density at radius 3 is 0.791 bits per heavy atom. The summed E-state index contributed by atoms with van der Waals surface area (Å²) in [5.41, 5.74) is 32.8. The molecule has 0 radical (unpaired) electrons. The number of hydrogen-bond acceptors (Lipinski definition) is 0. The average molecular weight is 1520 g/mol. The van der Waals surface area contributed by atoms with Crippen molar-refractivity contribution in [2.75, 3.05) is 0 Å². The Morgan fingerprint density at radius 2 is 0.500 bits per heavy atom. The highest BCUT2D eigenvalue weighted by Crippen LogP contribution is 2.44. The van der Waals surface area contributed by atoms with Crippen molar-refractivity contribution in [1.82, 2.24) is 0 Å². The summed E-state index contributed by atoms with van der Waals surface area (Å²) in [7, 11) is 0.652. The zero-order valence-electron chi connectivity index (χ0n) is 77.4. The van der Waals surface area contributed by atoms with Crippen LogP contribution >= 0.6 is 0 Å². The average Bonchev–Trinajstić information content (AvgIpc) is 0.720. The second-order valence-corrected chi connectivity index (χ2v) is 54.2. The number of fused-ring (bicyclic) bond motifs is 8. The maximum Gasteiger partial charge on any atom is 0.212 e. The monoisotopic (exact) mass is 1520 g/mol. The van der Waals surface area contributed by atoms with E-state index in [-0.39, 0.29) is 21.7 Å². The molecule has 0 saturated heterocycles. The van der Waals surface area contributed by atoms with Gasteiger partial charge in [-0.25, -0.2) is 18.3 Å². The van der Waals surface area contributed by atoms with E-state index in [0.29, 0.717) is 11.1 Å². The summed E-state index contributed by atoms with van der Waals surface area (Å²) in [5, 5.41) is 12.4. The van der Waals surface area contributed by atoms with E-state index in [0.717, 1.165) is 17.0 Å². The molecule has 110 heavy (non-hydrogen) atoms. The Kier molecular flexibility index (Phi) is 18.3. The lowest BCUT2D eigenvalue weighted by atomic mass is 9.76. The van der Waals surface area contributed by atoms with Crippen LogP contribution in [0, 0.1) is 69.1 Å². The highest BCUT2D eigenvalue weighted by Gasteiger charge is 2.50. The number of rotatable bonds is 4. The van der Waals surface area contributed by atoms with E-state index in [1.165, 1.54) is 138 Å². The molecule has 0 fully saturated rings. The minimum Gasteiger partial charge on any atom is -0.201 e. The summed E-state index contributed by atoms with van der Waals surface area (Å²) in [5.74, 6) is 0. The first-order valence-electron chi connectivity index (χ1n) is 42.8. The van der Waals surface area contributed by atoms with Gasteiger partial charge >= 0.3 is 0 Å². The zero-order valence-corrected chi connectivity index (χ0v) is 75.4. The predicted octanol–water partition coefficient (Wildman–Crippen LogP) is 17.6. The van der Waals surface area contributed by atoms with Gasteiger partial charge in [0.25, 0.3) is 0 Å². The van der Waals surface area contributed by atoms with E-state index in [9.17, 15) is 0 Å². The first kappa shape index (κ1) is 71.5. The minimum absolute atomic E-state index is 0.0230. The minimum atomic E-state index is -2.11. The van der Waals surface area contributed by atoms with E-state index in [4.69, 9.17) is 8.22 Å². The standard InChI is InChI=1S/2C26H32NSi.2C25H30NSi/c2*1-17-13-14-21-25(24(17)22-15-18(2)19(3)16-27(22)6)28(7,8)23-12-10-9-11-20(23)26(21,4)5;2*1-17-12-15-21(26(5)16-17)23-18(2)13-14-20-24(23)27(6,7)22-11-9-8-10-19(22)25(20,3)4/h2*9-16H,1-8H3;2*8-16H,1-7H3/q4*+1/i3D3;;1D3;. The maximum absolute atomic E-state index is 7.90. The normalized spacial score (nSPS) is 17.5. The highest BCUT2D eigenvalue weighted by atomic mass is 28.3. The number of aryl methyl sites for hydroxylation is 14. The fourth-order valence-electron chi connectivity index (χ4n) is 20.2. The molecule has 8 heteroatoms. The van der Waals surface area contributed by atoms with Gasteiger partial charge in [-0.05, 0) is 180 Å². The number of aromatic nitrogens is 4. The van der Waals surface area contributed by atoms with Crippen molar-refractivity contribution in [2.45, 2.75) is 199 Å². The van der Waals surface area contributed by atoms with E-state index in [1.54, 1.807) is 39.2 Å². The van der Waals surface area contributed by atoms with Crippen molar-refractivity contribution >= 4 is 73.8 Å². The summed E-state index contributed by atoms with van der Waals surface area (Å²) in [6.07, 6.45) is 8.08. The molecule has 0 saturated carbocycles. The van der Waals surface area contributed by atoms with Crippen molar-refractivity contribution in [2.24, 2.45) is 28.2 Å². The quantitative estimate of drug-likeness (QED) is 0.123. The molecule has 0 spiro atoms. The zero-order chi connectivity index (χ0) is 85.0. The van der Waals surface area contributed by atoms with Crippen LogP contribution in [0.5, 0.6) is 0 Å². The molecule has 0 unspecified atom stereocenters. The highest BCUT2D eigenvalue weighted by molar-refractivity contribution is 7.04. The summed E-state index contributed by atoms with van der Waals surface area (Å²) >= 11 is 0. The Balaban J connectivity index is 0.000000135. The van der Waals surface area contributed by atoms with Gasteiger partial charge in [-0.15, -0.1) is 0 Å². The molecule has 4 aliphatic heterocycles. The third-order valence-corrected chi connectivity index (χ3v) is 40.8. The molecule has 0 bridgehead atoms. The van der Waals surface area contributed by atoms with Crippen molar-refractivity contribution in [1.29, 1.82) is 0 Å². The van der Waals surface area contributed by atoms with Gasteiger partial charge < -0.3 is 0 Å². The third kappa shape index (κ3) is 12.8. The maximum atomic E-state index is 7.90. The summed E-state index contributed by atoms with van der Waals surface area (Å²) in [6.45, 7) is 52.0. The lowest BCUT2D eigenvalue weighted by molar-refractivity contribution is -0.660. The molecule has 8 aromatic carbocycles. The number of benzene rings is 8. The van der Waals surface area contributed by atoms with Crippen molar-refractivity contribution in [3.05, 3.63) is 307 Å². The molecule has 0 amide bonds. The van der Waals surface area contributed by atoms with E-state index < -0.39 is 46.0 Å². The van der Waals surface area contributed by atoms with Gasteiger partial charge in [0.2, 0.25) is 22.8 Å². The molecule has 4 aromatic heterocycles. The second-order valence-electron chi connectivity index (χ2n) is 37.0. The van der Waals surface area contributed by atoms with Gasteiger partial charge in [0.1, 0.15) is 60.5 Å². The molecule has 8 heterocycles. The van der Waals surface area contributed by atoms with Gasteiger partial charge in [-0.2, -0.15) is 0 Å². The Labute approximate surface area is 674 Å². The Hall–Kier alpha value is -8.77. The van der Waals surface area contributed by atoms with E-state index in [2.05, 4.69) is 362 Å². The van der Waals surface area contributed by atoms with Gasteiger partial charge in [-0.1, -0.05) is 274 Å². The molecular formula is C102H124N4Si4+4. The molecular weight excluding hydrogens is 1390 g/mol. The van der Waals surface area contributed by atoms with Crippen molar-refractivity contribution in [3.8, 4) is 45.0 Å². The first-order chi connectivity index (χ1) is 53.9. The van der Waals surface area contributed by atoms with Gasteiger partial charge in [0.05, 0.1) is 0 Å². The second kappa shape index (κ2) is 28.2. The van der Waals surface area contributed by atoms with Crippen LogP contribution in [0.4, 0.5) is 0 Å². The summed E-state index contributed by atoms with van der Waals surface area (Å²) in [6, 6.07) is 67.5. The fraction of sp³-hybridized carbons (Fsp3) is 0.333. The first-order valence-corrected chi connectivity index (χ1v) is 51.8. The smallest absolute Gasteiger partial charge is 0.201 e. The van der Waals surface area contributed by atoms with Crippen LogP contribution in [0.25, 0.3) is 45.0 Å². The van der Waals surface area contributed by atoms with Crippen LogP contribution in [0.1, 0.15) is 164 Å². The van der Waals surface area contributed by atoms with Crippen molar-refractivity contribution < 1.29 is 26.5 Å². The lowest BCUT2D eigenvalue weighted by Gasteiger charge is -2.44. The van der Waals surface area contributed by atoms with Crippen LogP contribution in [0.3, 0.4) is 0 Å². The number of hydrogen-bond donors (Lipinski definition) is 0. The van der Waals surface area contributed by atoms with E-state index in [1.807, 2.05) is 36.2 Å².